The van der Waals surface area contributed by atoms with Gasteiger partial charge in [-0.2, -0.15) is 0 Å². The van der Waals surface area contributed by atoms with Gasteiger partial charge in [0.1, 0.15) is 17.3 Å². The number of benzene rings is 2. The Morgan fingerprint density at radius 3 is 1.90 bits per heavy atom. The molecule has 0 aliphatic carbocycles. The summed E-state index contributed by atoms with van der Waals surface area (Å²) in [6.45, 7) is 13.7. The van der Waals surface area contributed by atoms with Crippen LogP contribution in [0.4, 0.5) is 0 Å². The number of hydrogen-bond donors (Lipinski definition) is 4. The number of nitrogens with one attached hydrogen (secondary N) is 1. The minimum absolute atomic E-state index is 0.00179. The van der Waals surface area contributed by atoms with Gasteiger partial charge in [0.05, 0.1) is 11.6 Å². The smallest absolute Gasteiger partial charge is 0.326 e. The van der Waals surface area contributed by atoms with E-state index in [1.165, 1.54) is 39.8 Å². The fraction of sp³-hybridized carbons (Fsp3) is 0.375. The van der Waals surface area contributed by atoms with Crippen LogP contribution in [0.25, 0.3) is 0 Å². The predicted molar refractivity (Wildman–Crippen MR) is 161 cm³/mol. The Labute approximate surface area is 247 Å². The molecule has 2 atom stereocenters. The number of nitrogens with zero attached hydrogens (tertiary/aromatic N) is 2. The summed E-state index contributed by atoms with van der Waals surface area (Å²) >= 11 is 0. The van der Waals surface area contributed by atoms with Crippen molar-refractivity contribution in [2.75, 3.05) is 13.1 Å². The van der Waals surface area contributed by atoms with Crippen LogP contribution in [0.5, 0.6) is 5.75 Å². The van der Waals surface area contributed by atoms with Gasteiger partial charge in [-0.1, -0.05) is 54.6 Å². The minimum atomic E-state index is -1.84. The van der Waals surface area contributed by atoms with Crippen LogP contribution in [-0.4, -0.2) is 80.0 Å². The van der Waals surface area contributed by atoms with Crippen LogP contribution in [-0.2, 0) is 32.0 Å². The molecule has 0 unspecified atom stereocenters. The molecular formula is C32H42N4O6. The molecule has 0 aliphatic heterocycles. The maximum atomic E-state index is 14.4. The van der Waals surface area contributed by atoms with Gasteiger partial charge in [-0.25, -0.2) is 4.79 Å². The number of phenols is 1. The van der Waals surface area contributed by atoms with Gasteiger partial charge in [-0.05, 0) is 57.4 Å². The highest BCUT2D eigenvalue weighted by atomic mass is 16.4. The summed E-state index contributed by atoms with van der Waals surface area (Å²) in [6.07, 6.45) is 3.34. The van der Waals surface area contributed by atoms with E-state index >= 15 is 0 Å². The number of carbonyl (C=O) groups is 4. The Balaban J connectivity index is 2.57. The van der Waals surface area contributed by atoms with E-state index in [1.54, 1.807) is 59.5 Å². The van der Waals surface area contributed by atoms with Crippen molar-refractivity contribution < 1.29 is 29.4 Å². The number of carbonyl (C=O) groups excluding carboxylic acids is 3. The van der Waals surface area contributed by atoms with Crippen molar-refractivity contribution in [2.45, 2.75) is 63.7 Å². The Bertz CT molecular complexity index is 1260. The highest BCUT2D eigenvalue weighted by Gasteiger charge is 2.48. The molecule has 0 aromatic heterocycles. The molecule has 2 aromatic carbocycles. The first-order valence-electron chi connectivity index (χ1n) is 13.6. The molecule has 0 radical (unpaired) electrons. The van der Waals surface area contributed by atoms with Crippen molar-refractivity contribution in [3.05, 3.63) is 91.0 Å². The number of nitrogens with two attached hydrogens (primary N) is 1. The fourth-order valence-electron chi connectivity index (χ4n) is 4.44. The van der Waals surface area contributed by atoms with Gasteiger partial charge in [0.2, 0.25) is 17.7 Å². The molecule has 10 nitrogen and oxygen atoms in total. The maximum absolute atomic E-state index is 14.4. The van der Waals surface area contributed by atoms with Crippen LogP contribution in [0.3, 0.4) is 0 Å². The van der Waals surface area contributed by atoms with Crippen LogP contribution in [0, 0.1) is 0 Å². The normalized spacial score (nSPS) is 13.1. The Kier molecular flexibility index (Phi) is 11.8. The maximum Gasteiger partial charge on any atom is 0.326 e. The zero-order valence-electron chi connectivity index (χ0n) is 24.7. The first-order valence-corrected chi connectivity index (χ1v) is 13.6. The van der Waals surface area contributed by atoms with Crippen molar-refractivity contribution in [3.63, 3.8) is 0 Å². The van der Waals surface area contributed by atoms with Crippen LogP contribution in [0.1, 0.15) is 38.8 Å². The van der Waals surface area contributed by atoms with Crippen LogP contribution >= 0.6 is 0 Å². The molecule has 0 aliphatic rings. The van der Waals surface area contributed by atoms with E-state index in [9.17, 15) is 29.4 Å². The number of aromatic hydroxyl groups is 1. The Morgan fingerprint density at radius 2 is 1.43 bits per heavy atom. The minimum Gasteiger partial charge on any atom is -0.508 e. The van der Waals surface area contributed by atoms with E-state index in [0.717, 1.165) is 4.90 Å². The first kappa shape index (κ1) is 33.9. The SMILES string of the molecule is C=CCN(CC=C)[C@@H](Cc1ccc(O)cc1)C(=O)N(C(=O)C(C)(C)N)C(C)(C)C(=O)N[C@@H](Cc1ccccc1)C(=O)O. The average molecular weight is 579 g/mol. The van der Waals surface area contributed by atoms with E-state index < -0.39 is 46.9 Å². The molecule has 10 heteroatoms. The van der Waals surface area contributed by atoms with Gasteiger partial charge in [-0.15, -0.1) is 13.2 Å². The molecule has 5 N–H and O–H groups in total. The van der Waals surface area contributed by atoms with E-state index in [-0.39, 0.29) is 31.7 Å². The lowest BCUT2D eigenvalue weighted by Gasteiger charge is -2.42. The molecule has 0 saturated carbocycles. The molecule has 0 bridgehead atoms. The lowest BCUT2D eigenvalue weighted by molar-refractivity contribution is -0.162. The zero-order chi connectivity index (χ0) is 31.7. The third kappa shape index (κ3) is 8.86. The van der Waals surface area contributed by atoms with Gasteiger partial charge < -0.3 is 21.3 Å². The average Bonchev–Trinajstić information content (AvgIpc) is 2.92. The second-order valence-corrected chi connectivity index (χ2v) is 11.2. The molecule has 2 rings (SSSR count). The summed E-state index contributed by atoms with van der Waals surface area (Å²) in [6, 6.07) is 12.8. The Morgan fingerprint density at radius 1 is 0.905 bits per heavy atom. The van der Waals surface area contributed by atoms with Crippen LogP contribution in [0.2, 0.25) is 0 Å². The van der Waals surface area contributed by atoms with Crippen molar-refractivity contribution in [2.24, 2.45) is 5.73 Å². The number of imide groups is 1. The number of carboxylic acids is 1. The molecule has 0 fully saturated rings. The second kappa shape index (κ2) is 14.6. The molecule has 3 amide bonds. The summed E-state index contributed by atoms with van der Waals surface area (Å²) in [7, 11) is 0. The molecular weight excluding hydrogens is 536 g/mol. The number of rotatable bonds is 15. The van der Waals surface area contributed by atoms with Crippen molar-refractivity contribution in [3.8, 4) is 5.75 Å². The molecule has 0 spiro atoms. The van der Waals surface area contributed by atoms with E-state index in [2.05, 4.69) is 18.5 Å². The van der Waals surface area contributed by atoms with E-state index in [4.69, 9.17) is 5.73 Å². The van der Waals surface area contributed by atoms with Crippen LogP contribution in [0.15, 0.2) is 79.9 Å². The molecule has 2 aromatic rings. The van der Waals surface area contributed by atoms with E-state index in [1.807, 2.05) is 0 Å². The van der Waals surface area contributed by atoms with Crippen LogP contribution < -0.4 is 11.1 Å². The van der Waals surface area contributed by atoms with Crippen molar-refractivity contribution in [1.29, 1.82) is 0 Å². The van der Waals surface area contributed by atoms with Crippen molar-refractivity contribution in [1.82, 2.24) is 15.1 Å². The summed E-state index contributed by atoms with van der Waals surface area (Å²) in [5.41, 5.74) is 4.18. The molecule has 42 heavy (non-hydrogen) atoms. The third-order valence-electron chi connectivity index (χ3n) is 6.79. The largest absolute Gasteiger partial charge is 0.508 e. The molecule has 0 saturated heterocycles. The highest BCUT2D eigenvalue weighted by Crippen LogP contribution is 2.25. The lowest BCUT2D eigenvalue weighted by atomic mass is 9.92. The summed E-state index contributed by atoms with van der Waals surface area (Å²) in [5, 5.41) is 22.1. The summed E-state index contributed by atoms with van der Waals surface area (Å²) < 4.78 is 0. The number of carboxylic acid groups (broad SMARTS) is 1. The van der Waals surface area contributed by atoms with Gasteiger partial charge in [0.25, 0.3) is 0 Å². The molecule has 0 heterocycles. The van der Waals surface area contributed by atoms with Gasteiger partial charge in [0, 0.05) is 19.5 Å². The number of aliphatic carboxylic acids is 1. The zero-order valence-corrected chi connectivity index (χ0v) is 24.7. The quantitative estimate of drug-likeness (QED) is 0.235. The number of phenolic OH excluding ortho intramolecular Hbond substituents is 1. The van der Waals surface area contributed by atoms with Crippen molar-refractivity contribution >= 4 is 23.7 Å². The summed E-state index contributed by atoms with van der Waals surface area (Å²) in [4.78, 5) is 56.7. The second-order valence-electron chi connectivity index (χ2n) is 11.2. The number of amides is 3. The Hall–Kier alpha value is -4.28. The summed E-state index contributed by atoms with van der Waals surface area (Å²) in [5.74, 6) is -3.56. The monoisotopic (exact) mass is 578 g/mol. The number of hydrogen-bond acceptors (Lipinski definition) is 7. The van der Waals surface area contributed by atoms with E-state index in [0.29, 0.717) is 11.1 Å². The van der Waals surface area contributed by atoms with Gasteiger partial charge in [-0.3, -0.25) is 24.2 Å². The first-order chi connectivity index (χ1) is 19.6. The topological polar surface area (TPSA) is 153 Å². The predicted octanol–water partition coefficient (Wildman–Crippen LogP) is 2.66. The van der Waals surface area contributed by atoms with Gasteiger partial charge >= 0.3 is 5.97 Å². The third-order valence-corrected chi connectivity index (χ3v) is 6.79. The standard InChI is InChI=1S/C32H42N4O6/c1-7-18-35(19-8-2)26(21-23-14-16-24(37)17-15-23)27(38)36(30(42)31(3,4)33)32(5,6)29(41)34-25(28(39)40)20-22-12-10-9-11-13-22/h7-17,25-26,37H,1-2,18-21,33H2,3-6H3,(H,34,41)(H,39,40)/t25-,26-/m0/s1. The van der Waals surface area contributed by atoms with Gasteiger partial charge in [0.15, 0.2) is 0 Å². The fourth-order valence-corrected chi connectivity index (χ4v) is 4.44. The molecule has 226 valence electrons. The lowest BCUT2D eigenvalue weighted by Crippen LogP contribution is -2.68. The highest BCUT2D eigenvalue weighted by molar-refractivity contribution is 6.07.